The first-order valence-electron chi connectivity index (χ1n) is 6.72. The predicted octanol–water partition coefficient (Wildman–Crippen LogP) is 4.56. The Balaban J connectivity index is 2.23. The van der Waals surface area contributed by atoms with Crippen molar-refractivity contribution in [3.05, 3.63) is 63.7 Å². The fourth-order valence-electron chi connectivity index (χ4n) is 2.23. The average molecular weight is 290 g/mol. The summed E-state index contributed by atoms with van der Waals surface area (Å²) in [7, 11) is 0. The van der Waals surface area contributed by atoms with Crippen molar-refractivity contribution in [2.24, 2.45) is 5.73 Å². The Morgan fingerprint density at radius 3 is 2.40 bits per heavy atom. The lowest BCUT2D eigenvalue weighted by molar-refractivity contribution is 0.300. The lowest BCUT2D eigenvalue weighted by Crippen LogP contribution is -2.09. The summed E-state index contributed by atoms with van der Waals surface area (Å²) in [6.07, 6.45) is 0. The zero-order valence-electron chi connectivity index (χ0n) is 12.1. The van der Waals surface area contributed by atoms with Gasteiger partial charge in [-0.25, -0.2) is 0 Å². The molecule has 2 aromatic carbocycles. The quantitative estimate of drug-likeness (QED) is 0.896. The summed E-state index contributed by atoms with van der Waals surface area (Å²) >= 11 is 6.02. The summed E-state index contributed by atoms with van der Waals surface area (Å²) in [4.78, 5) is 0. The summed E-state index contributed by atoms with van der Waals surface area (Å²) in [6, 6.07) is 11.7. The summed E-state index contributed by atoms with van der Waals surface area (Å²) in [5, 5.41) is 0.678. The molecule has 2 aromatic rings. The van der Waals surface area contributed by atoms with E-state index >= 15 is 0 Å². The van der Waals surface area contributed by atoms with Crippen LogP contribution >= 0.6 is 11.6 Å². The van der Waals surface area contributed by atoms with E-state index in [4.69, 9.17) is 22.1 Å². The minimum atomic E-state index is -0.110. The molecule has 0 aromatic heterocycles. The number of ether oxygens (including phenoxy) is 1. The molecule has 1 unspecified atom stereocenters. The Labute approximate surface area is 125 Å². The van der Waals surface area contributed by atoms with E-state index in [0.29, 0.717) is 11.6 Å². The fourth-order valence-corrected chi connectivity index (χ4v) is 2.41. The highest BCUT2D eigenvalue weighted by Gasteiger charge is 2.10. The van der Waals surface area contributed by atoms with Gasteiger partial charge in [0.25, 0.3) is 0 Å². The lowest BCUT2D eigenvalue weighted by Gasteiger charge is -2.16. The number of halogens is 1. The lowest BCUT2D eigenvalue weighted by atomic mass is 10.0. The van der Waals surface area contributed by atoms with E-state index < -0.39 is 0 Å². The van der Waals surface area contributed by atoms with Crippen LogP contribution in [-0.4, -0.2) is 0 Å². The molecule has 20 heavy (non-hydrogen) atoms. The third kappa shape index (κ3) is 3.33. The molecule has 106 valence electrons. The first kappa shape index (κ1) is 14.9. The van der Waals surface area contributed by atoms with E-state index in [9.17, 15) is 0 Å². The number of hydrogen-bond acceptors (Lipinski definition) is 2. The minimum Gasteiger partial charge on any atom is -0.489 e. The fraction of sp³-hybridized carbons (Fsp3) is 0.294. The molecule has 0 amide bonds. The summed E-state index contributed by atoms with van der Waals surface area (Å²) in [5.41, 5.74) is 10.6. The highest BCUT2D eigenvalue weighted by molar-refractivity contribution is 6.30. The van der Waals surface area contributed by atoms with E-state index in [1.807, 2.05) is 25.1 Å². The van der Waals surface area contributed by atoms with E-state index in [2.05, 4.69) is 32.0 Å². The third-order valence-corrected chi connectivity index (χ3v) is 3.71. The van der Waals surface area contributed by atoms with Crippen molar-refractivity contribution >= 4 is 11.6 Å². The van der Waals surface area contributed by atoms with Crippen molar-refractivity contribution in [1.82, 2.24) is 0 Å². The zero-order chi connectivity index (χ0) is 14.7. The molecular weight excluding hydrogens is 270 g/mol. The molecule has 0 bridgehead atoms. The van der Waals surface area contributed by atoms with Gasteiger partial charge < -0.3 is 10.5 Å². The van der Waals surface area contributed by atoms with Crippen molar-refractivity contribution in [2.45, 2.75) is 33.4 Å². The molecule has 1 atom stereocenters. The first-order chi connectivity index (χ1) is 9.49. The molecule has 0 heterocycles. The normalized spacial score (nSPS) is 12.2. The maximum absolute atomic E-state index is 6.02. The highest BCUT2D eigenvalue weighted by Crippen LogP contribution is 2.28. The van der Waals surface area contributed by atoms with Crippen LogP contribution in [0.2, 0.25) is 5.02 Å². The molecule has 2 rings (SSSR count). The zero-order valence-corrected chi connectivity index (χ0v) is 12.9. The molecule has 2 N–H and O–H groups in total. The third-order valence-electron chi connectivity index (χ3n) is 3.48. The van der Waals surface area contributed by atoms with Crippen LogP contribution in [0.4, 0.5) is 0 Å². The Hall–Kier alpha value is -1.51. The van der Waals surface area contributed by atoms with E-state index in [-0.39, 0.29) is 6.04 Å². The number of hydrogen-bond donors (Lipinski definition) is 1. The molecule has 0 saturated carbocycles. The average Bonchev–Trinajstić information content (AvgIpc) is 2.39. The second kappa shape index (κ2) is 6.29. The first-order valence-corrected chi connectivity index (χ1v) is 7.09. The Morgan fingerprint density at radius 1 is 1.15 bits per heavy atom. The number of aryl methyl sites for hydroxylation is 2. The molecular formula is C17H20ClNO. The number of nitrogens with two attached hydrogens (primary N) is 1. The van der Waals surface area contributed by atoms with Crippen LogP contribution in [0.1, 0.15) is 35.2 Å². The summed E-state index contributed by atoms with van der Waals surface area (Å²) in [6.45, 7) is 6.66. The SMILES string of the molecule is Cc1cccc(C)c1COc1ccc(Cl)cc1C(C)N. The van der Waals surface area contributed by atoms with E-state index in [1.54, 1.807) is 0 Å². The molecule has 0 saturated heterocycles. The number of rotatable bonds is 4. The minimum absolute atomic E-state index is 0.110. The standard InChI is InChI=1S/C17H20ClNO/c1-11-5-4-6-12(2)16(11)10-20-17-8-7-14(18)9-15(17)13(3)19/h4-9,13H,10,19H2,1-3H3. The van der Waals surface area contributed by atoms with Crippen molar-refractivity contribution in [1.29, 1.82) is 0 Å². The maximum Gasteiger partial charge on any atom is 0.124 e. The van der Waals surface area contributed by atoms with Gasteiger partial charge in [-0.15, -0.1) is 0 Å². The van der Waals surface area contributed by atoms with Gasteiger partial charge in [0.15, 0.2) is 0 Å². The van der Waals surface area contributed by atoms with Gasteiger partial charge in [-0.2, -0.15) is 0 Å². The van der Waals surface area contributed by atoms with Gasteiger partial charge in [-0.05, 0) is 55.7 Å². The molecule has 0 aliphatic carbocycles. The van der Waals surface area contributed by atoms with E-state index in [1.165, 1.54) is 16.7 Å². The number of benzene rings is 2. The van der Waals surface area contributed by atoms with Crippen LogP contribution in [0, 0.1) is 13.8 Å². The molecule has 0 spiro atoms. The van der Waals surface area contributed by atoms with Crippen LogP contribution in [0.5, 0.6) is 5.75 Å². The smallest absolute Gasteiger partial charge is 0.124 e. The van der Waals surface area contributed by atoms with Crippen LogP contribution in [0.25, 0.3) is 0 Å². The van der Waals surface area contributed by atoms with Crippen LogP contribution in [0.3, 0.4) is 0 Å². The highest BCUT2D eigenvalue weighted by atomic mass is 35.5. The largest absolute Gasteiger partial charge is 0.489 e. The Morgan fingerprint density at radius 2 is 1.80 bits per heavy atom. The van der Waals surface area contributed by atoms with Crippen LogP contribution in [0.15, 0.2) is 36.4 Å². The van der Waals surface area contributed by atoms with Crippen molar-refractivity contribution in [3.63, 3.8) is 0 Å². The summed E-state index contributed by atoms with van der Waals surface area (Å²) < 4.78 is 5.96. The molecule has 3 heteroatoms. The molecule has 0 aliphatic rings. The van der Waals surface area contributed by atoms with Crippen molar-refractivity contribution < 1.29 is 4.74 Å². The van der Waals surface area contributed by atoms with Gasteiger partial charge in [0.05, 0.1) is 0 Å². The van der Waals surface area contributed by atoms with Gasteiger partial charge in [-0.3, -0.25) is 0 Å². The molecule has 2 nitrogen and oxygen atoms in total. The van der Waals surface area contributed by atoms with Gasteiger partial charge in [-0.1, -0.05) is 29.8 Å². The molecule has 0 radical (unpaired) electrons. The van der Waals surface area contributed by atoms with Crippen LogP contribution < -0.4 is 10.5 Å². The van der Waals surface area contributed by atoms with Crippen molar-refractivity contribution in [2.75, 3.05) is 0 Å². The van der Waals surface area contributed by atoms with E-state index in [0.717, 1.165) is 11.3 Å². The van der Waals surface area contributed by atoms with Crippen LogP contribution in [-0.2, 0) is 6.61 Å². The Kier molecular flexibility index (Phi) is 4.69. The second-order valence-electron chi connectivity index (χ2n) is 5.13. The van der Waals surface area contributed by atoms with Gasteiger partial charge in [0.2, 0.25) is 0 Å². The van der Waals surface area contributed by atoms with Gasteiger partial charge >= 0.3 is 0 Å². The maximum atomic E-state index is 6.02. The Bertz CT molecular complexity index is 588. The monoisotopic (exact) mass is 289 g/mol. The van der Waals surface area contributed by atoms with Crippen molar-refractivity contribution in [3.8, 4) is 5.75 Å². The van der Waals surface area contributed by atoms with Gasteiger partial charge in [0.1, 0.15) is 12.4 Å². The summed E-state index contributed by atoms with van der Waals surface area (Å²) in [5.74, 6) is 0.798. The second-order valence-corrected chi connectivity index (χ2v) is 5.57. The van der Waals surface area contributed by atoms with Gasteiger partial charge in [0, 0.05) is 16.6 Å². The predicted molar refractivity (Wildman–Crippen MR) is 84.3 cm³/mol. The molecule has 0 aliphatic heterocycles. The molecule has 0 fully saturated rings. The topological polar surface area (TPSA) is 35.2 Å².